The van der Waals surface area contributed by atoms with Gasteiger partial charge in [-0.2, -0.15) is 49.0 Å². The molecule has 334 valence electrons. The largest absolute Gasteiger partial charge is 0.505 e. The summed E-state index contributed by atoms with van der Waals surface area (Å²) in [6.45, 7) is 7.07. The van der Waals surface area contributed by atoms with Crippen LogP contribution in [0.3, 0.4) is 0 Å². The molecule has 0 saturated heterocycles. The summed E-state index contributed by atoms with van der Waals surface area (Å²) < 4.78 is 132. The first kappa shape index (κ1) is 46.1. The monoisotopic (exact) mass is 956 g/mol. The summed E-state index contributed by atoms with van der Waals surface area (Å²) >= 11 is 0. The van der Waals surface area contributed by atoms with E-state index in [-0.39, 0.29) is 21.2 Å². The minimum Gasteiger partial charge on any atom is -0.505 e. The lowest BCUT2D eigenvalue weighted by Crippen LogP contribution is -2.11. The minimum atomic E-state index is -5.22. The van der Waals surface area contributed by atoms with Crippen LogP contribution in [-0.4, -0.2) is 47.9 Å². The molecular weight excluding hydrogens is 921 g/mol. The van der Waals surface area contributed by atoms with E-state index in [1.165, 1.54) is 48.5 Å². The Bertz CT molecular complexity index is 3550. The van der Waals surface area contributed by atoms with Crippen LogP contribution < -0.4 is 8.37 Å². The number of hydrogen-bond donors (Lipinski definition) is 3. The lowest BCUT2D eigenvalue weighted by Gasteiger charge is -2.15. The number of phenolic OH excluding ortho intramolecular Hbond substituents is 1. The standard InChI is InChI=1S/C44H36N4O13S4/c1-26-5-15-35(16-6-26)64(56,57)60-34-13-11-33(12-14-34)45-46-38-19-9-30(21-28(38)3)31-10-20-39(29(4)22-31)47-48-43-41(63(53,54)55)24-32-23-37(62(50,51)52)25-40(42(32)44(43)49)61-65(58,59)36-17-7-27(2)8-18-36/h5-25,49H,1-4H3,(H,50,51,52)(H,53,54,55). The van der Waals surface area contributed by atoms with Crippen LogP contribution >= 0.6 is 0 Å². The number of hydrogen-bond acceptors (Lipinski definition) is 15. The second-order valence-corrected chi connectivity index (χ2v) is 20.5. The van der Waals surface area contributed by atoms with Gasteiger partial charge in [-0.1, -0.05) is 47.5 Å². The number of fused-ring (bicyclic) bond motifs is 1. The van der Waals surface area contributed by atoms with Gasteiger partial charge >= 0.3 is 20.2 Å². The molecular formula is C44H36N4O13S4. The second kappa shape index (κ2) is 17.6. The minimum absolute atomic E-state index is 0.0288. The Labute approximate surface area is 374 Å². The van der Waals surface area contributed by atoms with Gasteiger partial charge in [0.15, 0.2) is 11.5 Å². The Morgan fingerprint density at radius 2 is 0.969 bits per heavy atom. The molecule has 65 heavy (non-hydrogen) atoms. The van der Waals surface area contributed by atoms with E-state index in [4.69, 9.17) is 8.37 Å². The molecule has 21 heteroatoms. The topological polar surface area (TPSA) is 265 Å². The van der Waals surface area contributed by atoms with E-state index in [2.05, 4.69) is 20.5 Å². The molecule has 7 rings (SSSR count). The van der Waals surface area contributed by atoms with Crippen LogP contribution in [0.15, 0.2) is 167 Å². The Kier molecular flexibility index (Phi) is 12.5. The molecule has 0 heterocycles. The maximum atomic E-state index is 13.3. The summed E-state index contributed by atoms with van der Waals surface area (Å²) in [5, 5.41) is 27.2. The van der Waals surface area contributed by atoms with Gasteiger partial charge < -0.3 is 13.5 Å². The predicted octanol–water partition coefficient (Wildman–Crippen LogP) is 10.3. The van der Waals surface area contributed by atoms with Crippen molar-refractivity contribution in [2.75, 3.05) is 0 Å². The number of nitrogens with zero attached hydrogens (tertiary/aromatic N) is 4. The normalized spacial score (nSPS) is 12.6. The Morgan fingerprint density at radius 3 is 1.45 bits per heavy atom. The first-order valence-electron chi connectivity index (χ1n) is 18.9. The highest BCUT2D eigenvalue weighted by Gasteiger charge is 2.28. The van der Waals surface area contributed by atoms with Crippen molar-refractivity contribution in [1.29, 1.82) is 0 Å². The van der Waals surface area contributed by atoms with Gasteiger partial charge in [-0.05, 0) is 140 Å². The van der Waals surface area contributed by atoms with Crippen molar-refractivity contribution in [1.82, 2.24) is 0 Å². The molecule has 0 aromatic heterocycles. The van der Waals surface area contributed by atoms with Crippen molar-refractivity contribution >= 4 is 74.0 Å². The summed E-state index contributed by atoms with van der Waals surface area (Å²) in [5.41, 5.74) is 4.80. The molecule has 0 radical (unpaired) electrons. The van der Waals surface area contributed by atoms with Crippen LogP contribution in [0, 0.1) is 27.7 Å². The summed E-state index contributed by atoms with van der Waals surface area (Å²) in [6.07, 6.45) is 0. The molecule has 0 bridgehead atoms. The molecule has 17 nitrogen and oxygen atoms in total. The maximum absolute atomic E-state index is 13.3. The zero-order chi connectivity index (χ0) is 47.1. The van der Waals surface area contributed by atoms with Crippen molar-refractivity contribution in [3.8, 4) is 28.4 Å². The summed E-state index contributed by atoms with van der Waals surface area (Å²) in [6, 6.07) is 30.3. The fraction of sp³-hybridized carbons (Fsp3) is 0.0909. The predicted molar refractivity (Wildman–Crippen MR) is 239 cm³/mol. The summed E-state index contributed by atoms with van der Waals surface area (Å²) in [7, 11) is -19.0. The Balaban J connectivity index is 1.15. The van der Waals surface area contributed by atoms with Gasteiger partial charge in [0.1, 0.15) is 26.1 Å². The zero-order valence-corrected chi connectivity index (χ0v) is 37.7. The molecule has 7 aromatic carbocycles. The van der Waals surface area contributed by atoms with Crippen molar-refractivity contribution < 1.29 is 56.2 Å². The van der Waals surface area contributed by atoms with Crippen LogP contribution in [0.25, 0.3) is 21.9 Å². The van der Waals surface area contributed by atoms with Crippen LogP contribution in [0.2, 0.25) is 0 Å². The fourth-order valence-electron chi connectivity index (χ4n) is 6.36. The van der Waals surface area contributed by atoms with Crippen molar-refractivity contribution in [2.45, 2.75) is 47.3 Å². The van der Waals surface area contributed by atoms with Gasteiger partial charge in [0.25, 0.3) is 20.2 Å². The molecule has 0 aliphatic heterocycles. The van der Waals surface area contributed by atoms with E-state index in [1.54, 1.807) is 62.4 Å². The lowest BCUT2D eigenvalue weighted by atomic mass is 10.0. The quantitative estimate of drug-likeness (QED) is 0.0552. The smallest absolute Gasteiger partial charge is 0.339 e. The third-order valence-electron chi connectivity index (χ3n) is 9.78. The van der Waals surface area contributed by atoms with Gasteiger partial charge in [0.2, 0.25) is 0 Å². The lowest BCUT2D eigenvalue weighted by molar-refractivity contribution is 0.465. The second-order valence-electron chi connectivity index (χ2n) is 14.6. The molecule has 0 unspecified atom stereocenters. The van der Waals surface area contributed by atoms with Crippen LogP contribution in [-0.2, 0) is 40.5 Å². The first-order valence-corrected chi connectivity index (χ1v) is 24.6. The zero-order valence-electron chi connectivity index (χ0n) is 34.5. The van der Waals surface area contributed by atoms with E-state index in [9.17, 15) is 47.9 Å². The highest BCUT2D eigenvalue weighted by molar-refractivity contribution is 7.87. The SMILES string of the molecule is Cc1ccc(S(=O)(=O)Oc2ccc(N=Nc3ccc(-c4ccc(N=Nc5c(S(=O)(=O)O)cc6cc(S(=O)(=O)O)cc(OS(=O)(=O)c7ccc(C)cc7)c6c5O)c(C)c4)cc3C)cc2)cc1. The third kappa shape index (κ3) is 10.4. The fourth-order valence-corrected chi connectivity index (χ4v) is 9.41. The van der Waals surface area contributed by atoms with Gasteiger partial charge in [-0.25, -0.2) is 0 Å². The van der Waals surface area contributed by atoms with E-state index in [0.717, 1.165) is 28.3 Å². The van der Waals surface area contributed by atoms with Crippen molar-refractivity contribution in [3.05, 3.63) is 150 Å². The highest BCUT2D eigenvalue weighted by Crippen LogP contribution is 2.47. The van der Waals surface area contributed by atoms with Crippen LogP contribution in [0.1, 0.15) is 22.3 Å². The van der Waals surface area contributed by atoms with E-state index in [0.29, 0.717) is 34.6 Å². The van der Waals surface area contributed by atoms with E-state index < -0.39 is 78.2 Å². The molecule has 7 aromatic rings. The highest BCUT2D eigenvalue weighted by atomic mass is 32.2. The molecule has 0 saturated carbocycles. The molecule has 0 atom stereocenters. The maximum Gasteiger partial charge on any atom is 0.339 e. The number of aromatic hydroxyl groups is 1. The summed E-state index contributed by atoms with van der Waals surface area (Å²) in [5.74, 6) is -1.76. The van der Waals surface area contributed by atoms with Gasteiger partial charge in [-0.15, -0.1) is 5.11 Å². The van der Waals surface area contributed by atoms with E-state index in [1.807, 2.05) is 26.0 Å². The van der Waals surface area contributed by atoms with Gasteiger partial charge in [-0.3, -0.25) is 9.11 Å². The number of phenols is 1. The number of benzene rings is 7. The van der Waals surface area contributed by atoms with Crippen molar-refractivity contribution in [2.24, 2.45) is 20.5 Å². The van der Waals surface area contributed by atoms with Crippen molar-refractivity contribution in [3.63, 3.8) is 0 Å². The molecule has 0 aliphatic rings. The third-order valence-corrected chi connectivity index (χ3v) is 14.0. The molecule has 3 N–H and O–H groups in total. The van der Waals surface area contributed by atoms with Crippen LogP contribution in [0.5, 0.6) is 17.2 Å². The van der Waals surface area contributed by atoms with Crippen LogP contribution in [0.4, 0.5) is 22.7 Å². The molecule has 0 aliphatic carbocycles. The molecule has 0 fully saturated rings. The number of azo groups is 2. The number of rotatable bonds is 13. The number of aryl methyl sites for hydroxylation is 4. The average molecular weight is 957 g/mol. The summed E-state index contributed by atoms with van der Waals surface area (Å²) in [4.78, 5) is -2.26. The van der Waals surface area contributed by atoms with E-state index >= 15 is 0 Å². The Hall–Kier alpha value is -6.88. The Morgan fingerprint density at radius 1 is 0.477 bits per heavy atom. The molecule has 0 amide bonds. The van der Waals surface area contributed by atoms with Gasteiger partial charge in [0, 0.05) is 6.07 Å². The van der Waals surface area contributed by atoms with Gasteiger partial charge in [0.05, 0.1) is 27.3 Å². The first-order chi connectivity index (χ1) is 30.5. The average Bonchev–Trinajstić information content (AvgIpc) is 3.23. The molecule has 0 spiro atoms.